The maximum absolute atomic E-state index is 14.7. The molecule has 94 heavy (non-hydrogen) atoms. The van der Waals surface area contributed by atoms with Gasteiger partial charge in [0.1, 0.15) is 36.6 Å². The lowest BCUT2D eigenvalue weighted by molar-refractivity contribution is -0.272. The van der Waals surface area contributed by atoms with Crippen LogP contribution in [0, 0.1) is 0 Å². The number of esters is 4. The second-order valence-corrected chi connectivity index (χ2v) is 28.3. The van der Waals surface area contributed by atoms with E-state index in [0.29, 0.717) is 51.4 Å². The molecule has 1 heterocycles. The van der Waals surface area contributed by atoms with E-state index in [0.717, 1.165) is 154 Å². The number of carbonyl (C=O) groups excluding carboxylic acids is 6. The average Bonchev–Trinajstić information content (AvgIpc) is 0.783. The van der Waals surface area contributed by atoms with Gasteiger partial charge in [-0.15, -0.1) is 0 Å². The number of ether oxygens (including phenoxy) is 6. The van der Waals surface area contributed by atoms with Gasteiger partial charge in [-0.25, -0.2) is 9.13 Å². The zero-order chi connectivity index (χ0) is 69.7. The molecule has 1 saturated heterocycles. The summed E-state index contributed by atoms with van der Waals surface area (Å²) in [5.41, 5.74) is 0. The quantitative estimate of drug-likeness (QED) is 0.0129. The average molecular weight is 1390 g/mol. The molecule has 0 aliphatic carbocycles. The van der Waals surface area contributed by atoms with E-state index in [1.807, 2.05) is 20.8 Å². The molecule has 7 N–H and O–H groups in total. The van der Waals surface area contributed by atoms with Gasteiger partial charge in [0, 0.05) is 19.3 Å². The molecule has 1 fully saturated rings. The molecule has 2 amide bonds. The Kier molecular flexibility index (Phi) is 53.7. The molecule has 2 unspecified atom stereocenters. The lowest BCUT2D eigenvalue weighted by Crippen LogP contribution is -2.66. The molecule has 1 aliphatic rings. The molecule has 0 aromatic heterocycles. The van der Waals surface area contributed by atoms with E-state index in [1.54, 1.807) is 0 Å². The van der Waals surface area contributed by atoms with Crippen LogP contribution in [0.15, 0.2) is 0 Å². The number of aliphatic hydroxyl groups is 1. The molecule has 0 aromatic rings. The van der Waals surface area contributed by atoms with Crippen LogP contribution in [-0.4, -0.2) is 135 Å². The topological polar surface area (TPSA) is 336 Å². The molecule has 0 bridgehead atoms. The number of carbonyl (C=O) groups is 6. The van der Waals surface area contributed by atoms with Crippen molar-refractivity contribution in [3.8, 4) is 0 Å². The summed E-state index contributed by atoms with van der Waals surface area (Å²) in [6.45, 7) is 9.85. The maximum Gasteiger partial charge on any atom is 0.470 e. The smallest absolute Gasteiger partial charge is 0.462 e. The number of hydrogen-bond donors (Lipinski definition) is 7. The number of phosphoric acid groups is 2. The highest BCUT2D eigenvalue weighted by Gasteiger charge is 2.52. The molecule has 552 valence electrons. The molecule has 1 aliphatic heterocycles. The van der Waals surface area contributed by atoms with Crippen molar-refractivity contribution < 1.29 is 100 Å². The summed E-state index contributed by atoms with van der Waals surface area (Å²) in [5, 5.41) is 16.3. The monoisotopic (exact) mass is 1380 g/mol. The van der Waals surface area contributed by atoms with Gasteiger partial charge >= 0.3 is 39.5 Å². The Hall–Kier alpha value is -3.08. The summed E-state index contributed by atoms with van der Waals surface area (Å²) in [7, 11) is -10.8. The van der Waals surface area contributed by atoms with Crippen LogP contribution in [0.2, 0.25) is 0 Å². The lowest BCUT2D eigenvalue weighted by Gasteiger charge is -2.45. The van der Waals surface area contributed by atoms with Crippen LogP contribution in [0.1, 0.15) is 330 Å². The van der Waals surface area contributed by atoms with Gasteiger partial charge in [0.05, 0.1) is 45.1 Å². The van der Waals surface area contributed by atoms with Crippen molar-refractivity contribution in [2.24, 2.45) is 0 Å². The van der Waals surface area contributed by atoms with Crippen molar-refractivity contribution >= 4 is 51.3 Å². The Morgan fingerprint density at radius 1 is 0.426 bits per heavy atom. The Labute approximate surface area is 565 Å². The minimum absolute atomic E-state index is 0.0992. The highest BCUT2D eigenvalue weighted by Crippen LogP contribution is 2.43. The number of hydrogen-bond acceptors (Lipinski definition) is 17. The van der Waals surface area contributed by atoms with Crippen LogP contribution in [-0.2, 0) is 75.4 Å². The number of rotatable bonds is 63. The fourth-order valence-corrected chi connectivity index (χ4v) is 12.5. The standard InChI is InChI=1S/C69H130N2O21P2/c1-7-13-19-22-25-28-31-34-40-43-56(87-62(75)46-37-16-10-4)49-60(73)70-55(54-86-93(79,80)81)53-85-69-66(71-61(74)50-57(88-63(76)47-38-17-11-5)44-41-35-32-29-26-23-20-14-8-2)68(67(59(52-72)90-69)92-94(82,83)84)91-65(78)51-58(89-64(77)48-39-18-12-6)45-42-36-33-30-27-24-21-15-9-3/h55-59,66-69,72H,7-54H2,1-6H3,(H,70,73)(H,71,74)(H2,79,80,81)(H2,82,83,84)/t55-,56+,57+,58+,59?,66-,67-,68?,69+/m0/s1. The molecule has 0 aromatic carbocycles. The van der Waals surface area contributed by atoms with Gasteiger partial charge in [-0.3, -0.25) is 37.8 Å². The molecule has 0 radical (unpaired) electrons. The van der Waals surface area contributed by atoms with Gasteiger partial charge in [0.25, 0.3) is 0 Å². The fraction of sp³-hybridized carbons (Fsp3) is 0.913. The highest BCUT2D eigenvalue weighted by molar-refractivity contribution is 7.46. The van der Waals surface area contributed by atoms with Crippen molar-refractivity contribution in [2.75, 3.05) is 19.8 Å². The summed E-state index contributed by atoms with van der Waals surface area (Å²) in [4.78, 5) is 123. The highest BCUT2D eigenvalue weighted by atomic mass is 31.2. The van der Waals surface area contributed by atoms with Crippen LogP contribution in [0.4, 0.5) is 0 Å². The van der Waals surface area contributed by atoms with Crippen LogP contribution in [0.5, 0.6) is 0 Å². The first-order valence-electron chi connectivity index (χ1n) is 36.8. The predicted octanol–water partition coefficient (Wildman–Crippen LogP) is 14.6. The fourth-order valence-electron chi connectivity index (χ4n) is 11.6. The van der Waals surface area contributed by atoms with E-state index in [1.165, 1.54) is 38.5 Å². The lowest BCUT2D eigenvalue weighted by atomic mass is 9.95. The summed E-state index contributed by atoms with van der Waals surface area (Å²) < 4.78 is 71.5. The van der Waals surface area contributed by atoms with Crippen LogP contribution in [0.25, 0.3) is 0 Å². The summed E-state index contributed by atoms with van der Waals surface area (Å²) in [5.74, 6) is -4.08. The molecule has 23 nitrogen and oxygen atoms in total. The number of nitrogens with one attached hydrogen (secondary N) is 2. The van der Waals surface area contributed by atoms with E-state index in [2.05, 4.69) is 31.4 Å². The van der Waals surface area contributed by atoms with Gasteiger partial charge in [-0.05, 0) is 57.8 Å². The first kappa shape index (κ1) is 88.9. The summed E-state index contributed by atoms with van der Waals surface area (Å²) in [6.07, 6.45) is 23.6. The van der Waals surface area contributed by atoms with Gasteiger partial charge in [0.15, 0.2) is 12.4 Å². The number of amides is 2. The first-order chi connectivity index (χ1) is 45.1. The minimum atomic E-state index is -5.57. The van der Waals surface area contributed by atoms with Crippen LogP contribution >= 0.6 is 15.6 Å². The van der Waals surface area contributed by atoms with E-state index >= 15 is 0 Å². The Balaban J connectivity index is 3.89. The Bertz CT molecular complexity index is 2060. The maximum atomic E-state index is 14.7. The van der Waals surface area contributed by atoms with E-state index in [-0.39, 0.29) is 32.1 Å². The summed E-state index contributed by atoms with van der Waals surface area (Å²) in [6, 6.07) is -3.21. The molecule has 25 heteroatoms. The number of aliphatic hydroxyl groups excluding tert-OH is 1. The van der Waals surface area contributed by atoms with E-state index in [4.69, 9.17) is 37.5 Å². The predicted molar refractivity (Wildman–Crippen MR) is 362 cm³/mol. The normalized spacial score (nSPS) is 18.0. The Morgan fingerprint density at radius 2 is 0.777 bits per heavy atom. The van der Waals surface area contributed by atoms with Gasteiger partial charge in [-0.1, -0.05) is 234 Å². The van der Waals surface area contributed by atoms with Gasteiger partial charge in [0.2, 0.25) is 11.8 Å². The minimum Gasteiger partial charge on any atom is -0.462 e. The third-order valence-corrected chi connectivity index (χ3v) is 17.9. The van der Waals surface area contributed by atoms with Crippen molar-refractivity contribution in [1.82, 2.24) is 10.6 Å². The third-order valence-electron chi connectivity index (χ3n) is 16.9. The van der Waals surface area contributed by atoms with Crippen LogP contribution < -0.4 is 10.6 Å². The van der Waals surface area contributed by atoms with Gasteiger partial charge < -0.3 is 63.7 Å². The van der Waals surface area contributed by atoms with Crippen molar-refractivity contribution in [2.45, 2.75) is 385 Å². The zero-order valence-electron chi connectivity index (χ0n) is 58.8. The Morgan fingerprint density at radius 3 is 1.14 bits per heavy atom. The molecule has 0 saturated carbocycles. The van der Waals surface area contributed by atoms with Crippen molar-refractivity contribution in [3.63, 3.8) is 0 Å². The molecular weight excluding hydrogens is 1250 g/mol. The molecule has 0 spiro atoms. The van der Waals surface area contributed by atoms with Crippen molar-refractivity contribution in [1.29, 1.82) is 0 Å². The molecule has 9 atom stereocenters. The van der Waals surface area contributed by atoms with E-state index < -0.39 is 139 Å². The first-order valence-corrected chi connectivity index (χ1v) is 39.9. The molecule has 1 rings (SSSR count). The molecular formula is C69H130N2O21P2. The zero-order valence-corrected chi connectivity index (χ0v) is 60.6. The summed E-state index contributed by atoms with van der Waals surface area (Å²) >= 11 is 0. The SMILES string of the molecule is CCCCCCCCCCC[C@H](CC(=O)N[C@@H](CO[C@@H]1OC(CO)[C@H](OP(=O)(O)O)C(OC(=O)C[C@@H](CCCCCCCCCCC)OC(=O)CCCCC)[C@@H]1NC(=O)C[C@@H](CCCCCCCCCCC)OC(=O)CCCCC)COP(=O)(O)O)OC(=O)CCCCC. The third kappa shape index (κ3) is 48.6. The van der Waals surface area contributed by atoms with Crippen molar-refractivity contribution in [3.05, 3.63) is 0 Å². The second-order valence-electron chi connectivity index (χ2n) is 25.9. The van der Waals surface area contributed by atoms with Crippen LogP contribution in [0.3, 0.4) is 0 Å². The second kappa shape index (κ2) is 56.8. The number of phosphoric ester groups is 2. The largest absolute Gasteiger partial charge is 0.470 e. The number of unbranched alkanes of at least 4 members (excludes halogenated alkanes) is 30. The van der Waals surface area contributed by atoms with E-state index in [9.17, 15) is 62.6 Å². The van der Waals surface area contributed by atoms with Gasteiger partial charge in [-0.2, -0.15) is 0 Å².